The van der Waals surface area contributed by atoms with Gasteiger partial charge in [0.15, 0.2) is 0 Å². The van der Waals surface area contributed by atoms with Gasteiger partial charge in [0.25, 0.3) is 11.8 Å². The lowest BCUT2D eigenvalue weighted by Crippen LogP contribution is -2.53. The monoisotopic (exact) mass is 591 g/mol. The lowest BCUT2D eigenvalue weighted by molar-refractivity contribution is -0.140. The zero-order chi connectivity index (χ0) is 30.9. The minimum atomic E-state index is -1.40. The van der Waals surface area contributed by atoms with Crippen molar-refractivity contribution in [2.45, 2.75) is 31.1 Å². The Labute approximate surface area is 255 Å². The van der Waals surface area contributed by atoms with Crippen LogP contribution in [0.3, 0.4) is 0 Å². The van der Waals surface area contributed by atoms with Crippen LogP contribution in [0.1, 0.15) is 35.4 Å². The molecule has 7 rings (SSSR count). The van der Waals surface area contributed by atoms with Gasteiger partial charge in [-0.1, -0.05) is 65.7 Å². The molecule has 0 unspecified atom stereocenters. The molecule has 6 atom stereocenters. The van der Waals surface area contributed by atoms with Crippen LogP contribution in [-0.4, -0.2) is 52.8 Å². The maximum atomic E-state index is 15.1. The number of carbonyl (C=O) groups is 4. The van der Waals surface area contributed by atoms with Gasteiger partial charge in [-0.25, -0.2) is 0 Å². The summed E-state index contributed by atoms with van der Waals surface area (Å²) in [5, 5.41) is 11.5. The number of aromatic hydroxyl groups is 1. The lowest BCUT2D eigenvalue weighted by Gasteiger charge is -2.50. The Morgan fingerprint density at radius 1 is 0.909 bits per heavy atom. The summed E-state index contributed by atoms with van der Waals surface area (Å²) in [7, 11) is 3.01. The van der Waals surface area contributed by atoms with Crippen molar-refractivity contribution in [1.82, 2.24) is 9.91 Å². The standard InChI is InChI=1S/C35H33N3O6/c1-19-9-11-21(12-10-19)36-38-32(41)27-18-26-23(15-16-25-29(26)33(42)37(2)31(25)40)30(24-14-13-22(39)17-28(24)44-3)35(27,34(38)43)20-7-5-4-6-8-20/h4-15,17,25-27,29-30,36,39H,16,18H2,1-3H3/t25-,26+,27-,29-,30+,35+/m0/s1. The largest absolute Gasteiger partial charge is 0.508 e. The summed E-state index contributed by atoms with van der Waals surface area (Å²) in [6, 6.07) is 21.5. The summed E-state index contributed by atoms with van der Waals surface area (Å²) in [6.07, 6.45) is 2.58. The van der Waals surface area contributed by atoms with Crippen molar-refractivity contribution in [3.8, 4) is 11.5 Å². The fraction of sp³-hybridized carbons (Fsp3) is 0.314. The van der Waals surface area contributed by atoms with Gasteiger partial charge in [0.2, 0.25) is 11.8 Å². The number of fused-ring (bicyclic) bond motifs is 4. The molecule has 44 heavy (non-hydrogen) atoms. The fourth-order valence-corrected chi connectivity index (χ4v) is 8.19. The van der Waals surface area contributed by atoms with Crippen molar-refractivity contribution >= 4 is 29.3 Å². The average molecular weight is 592 g/mol. The van der Waals surface area contributed by atoms with Crippen molar-refractivity contribution in [2.75, 3.05) is 19.6 Å². The Kier molecular flexibility index (Phi) is 6.39. The third-order valence-corrected chi connectivity index (χ3v) is 10.1. The van der Waals surface area contributed by atoms with Gasteiger partial charge in [-0.15, -0.1) is 0 Å². The van der Waals surface area contributed by atoms with Crippen molar-refractivity contribution in [3.63, 3.8) is 0 Å². The van der Waals surface area contributed by atoms with E-state index in [1.807, 2.05) is 67.6 Å². The molecule has 224 valence electrons. The number of phenolic OH excluding ortho intramolecular Hbond substituents is 1. The zero-order valence-electron chi connectivity index (χ0n) is 24.7. The van der Waals surface area contributed by atoms with Gasteiger partial charge >= 0.3 is 0 Å². The first-order chi connectivity index (χ1) is 21.2. The first-order valence-corrected chi connectivity index (χ1v) is 14.8. The number of ether oxygens (including phenoxy) is 1. The molecule has 0 bridgehead atoms. The second-order valence-electron chi connectivity index (χ2n) is 12.3. The Hall–Kier alpha value is -4.92. The second kappa shape index (κ2) is 10.1. The molecule has 2 saturated heterocycles. The van der Waals surface area contributed by atoms with E-state index in [4.69, 9.17) is 4.74 Å². The van der Waals surface area contributed by atoms with Gasteiger partial charge in [0.05, 0.1) is 36.0 Å². The van der Waals surface area contributed by atoms with Crippen LogP contribution in [0.4, 0.5) is 5.69 Å². The summed E-state index contributed by atoms with van der Waals surface area (Å²) in [5.74, 6) is -4.09. The molecule has 1 saturated carbocycles. The highest BCUT2D eigenvalue weighted by molar-refractivity contribution is 6.13. The van der Waals surface area contributed by atoms with Gasteiger partial charge in [-0.3, -0.25) is 29.5 Å². The number of hydrogen-bond donors (Lipinski definition) is 2. The van der Waals surface area contributed by atoms with Gasteiger partial charge in [-0.2, -0.15) is 5.01 Å². The first kappa shape index (κ1) is 27.9. The molecule has 3 aromatic carbocycles. The molecule has 0 radical (unpaired) electrons. The van der Waals surface area contributed by atoms with E-state index in [-0.39, 0.29) is 24.0 Å². The highest BCUT2D eigenvalue weighted by atomic mass is 16.5. The molecule has 0 aromatic heterocycles. The topological polar surface area (TPSA) is 116 Å². The number of amides is 4. The molecule has 2 aliphatic carbocycles. The highest BCUT2D eigenvalue weighted by Crippen LogP contribution is 2.64. The smallest absolute Gasteiger partial charge is 0.260 e. The Bertz CT molecular complexity index is 1730. The van der Waals surface area contributed by atoms with Crippen LogP contribution >= 0.6 is 0 Å². The van der Waals surface area contributed by atoms with Gasteiger partial charge < -0.3 is 9.84 Å². The first-order valence-electron chi connectivity index (χ1n) is 14.8. The quantitative estimate of drug-likeness (QED) is 0.335. The number of rotatable bonds is 5. The van der Waals surface area contributed by atoms with Gasteiger partial charge in [-0.05, 0) is 49.4 Å². The molecule has 4 aliphatic rings. The maximum absolute atomic E-state index is 15.1. The second-order valence-corrected chi connectivity index (χ2v) is 12.3. The lowest BCUT2D eigenvalue weighted by atomic mass is 9.49. The summed E-state index contributed by atoms with van der Waals surface area (Å²) in [5.41, 5.74) is 5.46. The normalized spacial score (nSPS) is 29.2. The molecule has 3 fully saturated rings. The number of carbonyl (C=O) groups excluding carboxylic acids is 4. The van der Waals surface area contributed by atoms with E-state index in [0.717, 1.165) is 16.1 Å². The van der Waals surface area contributed by atoms with Crippen LogP contribution in [0.15, 0.2) is 84.4 Å². The molecule has 2 aliphatic heterocycles. The van der Waals surface area contributed by atoms with E-state index in [1.54, 1.807) is 12.1 Å². The predicted octanol–water partition coefficient (Wildman–Crippen LogP) is 4.32. The Morgan fingerprint density at radius 2 is 1.64 bits per heavy atom. The highest BCUT2D eigenvalue weighted by Gasteiger charge is 2.70. The number of hydrazine groups is 1. The van der Waals surface area contributed by atoms with Gasteiger partial charge in [0.1, 0.15) is 11.5 Å². The molecule has 2 N–H and O–H groups in total. The molecule has 3 aromatic rings. The van der Waals surface area contributed by atoms with E-state index in [1.165, 1.54) is 25.1 Å². The number of benzene rings is 3. The van der Waals surface area contributed by atoms with Crippen LogP contribution in [-0.2, 0) is 24.6 Å². The van der Waals surface area contributed by atoms with Crippen LogP contribution in [0.2, 0.25) is 0 Å². The number of phenols is 1. The SMILES string of the molecule is COc1cc(O)ccc1[C@H]1C2=CC[C@@H]3C(=O)N(C)C(=O)[C@@H]3[C@@H]2C[C@H]2C(=O)N(Nc3ccc(C)cc3)C(=O)[C@@]12c1ccccc1. The van der Waals surface area contributed by atoms with Crippen molar-refractivity contribution in [3.05, 3.63) is 101 Å². The number of hydrogen-bond acceptors (Lipinski definition) is 7. The number of methoxy groups -OCH3 is 1. The zero-order valence-corrected chi connectivity index (χ0v) is 24.7. The number of nitrogens with zero attached hydrogens (tertiary/aromatic N) is 2. The van der Waals surface area contributed by atoms with E-state index in [0.29, 0.717) is 29.0 Å². The minimum absolute atomic E-state index is 0.00404. The van der Waals surface area contributed by atoms with Crippen molar-refractivity contribution < 1.29 is 29.0 Å². The van der Waals surface area contributed by atoms with E-state index in [2.05, 4.69) is 5.43 Å². The molecule has 2 heterocycles. The van der Waals surface area contributed by atoms with E-state index in [9.17, 15) is 19.5 Å². The maximum Gasteiger partial charge on any atom is 0.260 e. The number of nitrogens with one attached hydrogen (secondary N) is 1. The summed E-state index contributed by atoms with van der Waals surface area (Å²) in [4.78, 5) is 57.5. The fourth-order valence-electron chi connectivity index (χ4n) is 8.19. The van der Waals surface area contributed by atoms with E-state index < -0.39 is 46.8 Å². The third-order valence-electron chi connectivity index (χ3n) is 10.1. The van der Waals surface area contributed by atoms with Crippen LogP contribution < -0.4 is 10.2 Å². The molecular formula is C35H33N3O6. The minimum Gasteiger partial charge on any atom is -0.508 e. The van der Waals surface area contributed by atoms with E-state index >= 15 is 4.79 Å². The molecule has 4 amide bonds. The van der Waals surface area contributed by atoms with Crippen molar-refractivity contribution in [2.24, 2.45) is 23.7 Å². The predicted molar refractivity (Wildman–Crippen MR) is 161 cm³/mol. The van der Waals surface area contributed by atoms with Crippen molar-refractivity contribution in [1.29, 1.82) is 0 Å². The number of allylic oxidation sites excluding steroid dienone is 2. The number of aryl methyl sites for hydroxylation is 1. The van der Waals surface area contributed by atoms with Gasteiger partial charge in [0, 0.05) is 24.6 Å². The molecule has 9 heteroatoms. The number of anilines is 1. The number of likely N-dealkylation sites (tertiary alicyclic amines) is 1. The summed E-state index contributed by atoms with van der Waals surface area (Å²) < 4.78 is 5.78. The Balaban J connectivity index is 1.48. The van der Waals surface area contributed by atoms with Crippen LogP contribution in [0.25, 0.3) is 0 Å². The summed E-state index contributed by atoms with van der Waals surface area (Å²) >= 11 is 0. The molecule has 9 nitrogen and oxygen atoms in total. The average Bonchev–Trinajstić information content (AvgIpc) is 3.39. The molecule has 0 spiro atoms. The van der Waals surface area contributed by atoms with Crippen LogP contribution in [0.5, 0.6) is 11.5 Å². The summed E-state index contributed by atoms with van der Waals surface area (Å²) in [6.45, 7) is 1.96. The molecular weight excluding hydrogens is 558 g/mol. The number of imide groups is 2. The third kappa shape index (κ3) is 3.77. The Morgan fingerprint density at radius 3 is 2.34 bits per heavy atom. The van der Waals surface area contributed by atoms with Crippen LogP contribution in [0, 0.1) is 30.6 Å².